The Morgan fingerprint density at radius 3 is 2.33 bits per heavy atom. The third-order valence-corrected chi connectivity index (χ3v) is 3.81. The summed E-state index contributed by atoms with van der Waals surface area (Å²) in [6.45, 7) is 4.57. The number of unbranched alkanes of at least 4 members (excludes halogenated alkanes) is 1. The van der Waals surface area contributed by atoms with Crippen molar-refractivity contribution in [3.05, 3.63) is 77.9 Å². The number of nitrogens with one attached hydrogen (secondary N) is 1. The van der Waals surface area contributed by atoms with Crippen LogP contribution in [0, 0.1) is 0 Å². The van der Waals surface area contributed by atoms with E-state index in [1.807, 2.05) is 48.5 Å². The number of allylic oxidation sites excluding steroid dienone is 1. The lowest BCUT2D eigenvalue weighted by atomic mass is 10.0. The van der Waals surface area contributed by atoms with E-state index in [2.05, 4.69) is 37.4 Å². The fourth-order valence-corrected chi connectivity index (χ4v) is 2.41. The van der Waals surface area contributed by atoms with Crippen molar-refractivity contribution in [3.8, 4) is 0 Å². The first-order valence-corrected chi connectivity index (χ1v) is 8.42. The minimum Gasteiger partial charge on any atom is -0.450 e. The van der Waals surface area contributed by atoms with Crippen LogP contribution in [0.25, 0.3) is 5.57 Å². The highest BCUT2D eigenvalue weighted by molar-refractivity contribution is 5.70. The van der Waals surface area contributed by atoms with E-state index in [0.29, 0.717) is 6.61 Å². The molecule has 0 heterocycles. The van der Waals surface area contributed by atoms with Crippen molar-refractivity contribution in [2.24, 2.45) is 0 Å². The molecule has 24 heavy (non-hydrogen) atoms. The molecule has 0 aliphatic rings. The van der Waals surface area contributed by atoms with Gasteiger partial charge in [-0.05, 0) is 30.0 Å². The fourth-order valence-electron chi connectivity index (χ4n) is 2.41. The van der Waals surface area contributed by atoms with Crippen molar-refractivity contribution in [1.29, 1.82) is 0 Å². The Morgan fingerprint density at radius 2 is 1.71 bits per heavy atom. The van der Waals surface area contributed by atoms with Gasteiger partial charge in [-0.2, -0.15) is 0 Å². The first-order valence-electron chi connectivity index (χ1n) is 8.42. The van der Waals surface area contributed by atoms with Gasteiger partial charge in [0.15, 0.2) is 0 Å². The van der Waals surface area contributed by atoms with Gasteiger partial charge < -0.3 is 10.1 Å². The Kier molecular flexibility index (Phi) is 7.09. The van der Waals surface area contributed by atoms with E-state index >= 15 is 0 Å². The first-order chi connectivity index (χ1) is 11.7. The van der Waals surface area contributed by atoms with Gasteiger partial charge in [0.05, 0.1) is 12.6 Å². The van der Waals surface area contributed by atoms with Crippen LogP contribution in [-0.4, -0.2) is 12.7 Å². The van der Waals surface area contributed by atoms with Gasteiger partial charge in [-0.25, -0.2) is 4.79 Å². The highest BCUT2D eigenvalue weighted by Gasteiger charge is 2.13. The molecule has 126 valence electrons. The van der Waals surface area contributed by atoms with Crippen LogP contribution in [0.4, 0.5) is 4.79 Å². The summed E-state index contributed by atoms with van der Waals surface area (Å²) in [7, 11) is 0. The zero-order valence-electron chi connectivity index (χ0n) is 14.4. The average Bonchev–Trinajstić information content (AvgIpc) is 2.63. The molecule has 0 aliphatic heterocycles. The second-order valence-electron chi connectivity index (χ2n) is 5.74. The van der Waals surface area contributed by atoms with Gasteiger partial charge in [0.25, 0.3) is 0 Å². The van der Waals surface area contributed by atoms with Crippen LogP contribution in [0.3, 0.4) is 0 Å². The molecule has 3 nitrogen and oxygen atoms in total. The lowest BCUT2D eigenvalue weighted by Gasteiger charge is -2.17. The molecule has 1 atom stereocenters. The quantitative estimate of drug-likeness (QED) is 0.697. The van der Waals surface area contributed by atoms with Crippen molar-refractivity contribution >= 4 is 11.7 Å². The first kappa shape index (κ1) is 17.8. The van der Waals surface area contributed by atoms with E-state index in [-0.39, 0.29) is 12.1 Å². The van der Waals surface area contributed by atoms with Crippen molar-refractivity contribution in [1.82, 2.24) is 5.32 Å². The fraction of sp³-hybridized carbons (Fsp3) is 0.286. The average molecular weight is 323 g/mol. The molecule has 3 heteroatoms. The molecule has 2 rings (SSSR count). The minimum atomic E-state index is -0.380. The van der Waals surface area contributed by atoms with E-state index in [0.717, 1.165) is 29.5 Å². The Morgan fingerprint density at radius 1 is 1.08 bits per heavy atom. The number of carbonyl (C=O) groups excluding carboxylic acids is 1. The molecule has 0 spiro atoms. The van der Waals surface area contributed by atoms with E-state index < -0.39 is 0 Å². The molecule has 0 saturated heterocycles. The SMILES string of the molecule is CCCCOC(=O)NC(/C=C(\C)c1ccccc1)c1ccccc1. The molecule has 0 fully saturated rings. The summed E-state index contributed by atoms with van der Waals surface area (Å²) in [6.07, 6.45) is 3.56. The Labute approximate surface area is 144 Å². The van der Waals surface area contributed by atoms with Gasteiger partial charge in [-0.1, -0.05) is 80.1 Å². The summed E-state index contributed by atoms with van der Waals surface area (Å²) in [5, 5.41) is 2.96. The molecule has 0 bridgehead atoms. The van der Waals surface area contributed by atoms with Crippen molar-refractivity contribution in [3.63, 3.8) is 0 Å². The van der Waals surface area contributed by atoms with Crippen LogP contribution in [0.15, 0.2) is 66.7 Å². The summed E-state index contributed by atoms with van der Waals surface area (Å²) in [6, 6.07) is 19.8. The van der Waals surface area contributed by atoms with Crippen molar-refractivity contribution in [2.75, 3.05) is 6.61 Å². The smallest absolute Gasteiger partial charge is 0.407 e. The highest BCUT2D eigenvalue weighted by atomic mass is 16.5. The topological polar surface area (TPSA) is 38.3 Å². The summed E-state index contributed by atoms with van der Waals surface area (Å²) in [4.78, 5) is 12.1. The zero-order chi connectivity index (χ0) is 17.2. The molecular formula is C21H25NO2. The molecule has 1 unspecified atom stereocenters. The maximum absolute atomic E-state index is 12.1. The summed E-state index contributed by atoms with van der Waals surface area (Å²) in [5.74, 6) is 0. The number of amides is 1. The Hall–Kier alpha value is -2.55. The van der Waals surface area contributed by atoms with Gasteiger partial charge in [-0.3, -0.25) is 0 Å². The summed E-state index contributed by atoms with van der Waals surface area (Å²) < 4.78 is 5.24. The molecule has 0 aliphatic carbocycles. The summed E-state index contributed by atoms with van der Waals surface area (Å²) in [5.41, 5.74) is 3.28. The number of carbonyl (C=O) groups is 1. The predicted molar refractivity (Wildman–Crippen MR) is 98.7 cm³/mol. The lowest BCUT2D eigenvalue weighted by molar-refractivity contribution is 0.142. The van der Waals surface area contributed by atoms with Gasteiger partial charge in [-0.15, -0.1) is 0 Å². The largest absolute Gasteiger partial charge is 0.450 e. The van der Waals surface area contributed by atoms with Crippen LogP contribution in [0.2, 0.25) is 0 Å². The number of rotatable bonds is 7. The standard InChI is InChI=1S/C21H25NO2/c1-3-4-15-24-21(23)22-20(19-13-9-6-10-14-19)16-17(2)18-11-7-5-8-12-18/h5-14,16,20H,3-4,15H2,1-2H3,(H,22,23)/b17-16+. The zero-order valence-corrected chi connectivity index (χ0v) is 14.4. The normalized spacial score (nSPS) is 12.5. The maximum atomic E-state index is 12.1. The number of ether oxygens (including phenoxy) is 1. The van der Waals surface area contributed by atoms with Gasteiger partial charge >= 0.3 is 6.09 Å². The highest BCUT2D eigenvalue weighted by Crippen LogP contribution is 2.21. The molecular weight excluding hydrogens is 298 g/mol. The van der Waals surface area contributed by atoms with Gasteiger partial charge in [0.1, 0.15) is 0 Å². The monoisotopic (exact) mass is 323 g/mol. The van der Waals surface area contributed by atoms with E-state index in [9.17, 15) is 4.79 Å². The van der Waals surface area contributed by atoms with Crippen LogP contribution >= 0.6 is 0 Å². The number of alkyl carbamates (subject to hydrolysis) is 1. The third kappa shape index (κ3) is 5.58. The second-order valence-corrected chi connectivity index (χ2v) is 5.74. The molecule has 0 saturated carbocycles. The van der Waals surface area contributed by atoms with E-state index in [1.54, 1.807) is 0 Å². The van der Waals surface area contributed by atoms with Crippen LogP contribution in [0.5, 0.6) is 0 Å². The van der Waals surface area contributed by atoms with E-state index in [4.69, 9.17) is 4.74 Å². The number of hydrogen-bond acceptors (Lipinski definition) is 2. The molecule has 2 aromatic rings. The predicted octanol–water partition coefficient (Wildman–Crippen LogP) is 5.36. The maximum Gasteiger partial charge on any atom is 0.407 e. The molecule has 0 radical (unpaired) electrons. The van der Waals surface area contributed by atoms with Crippen LogP contribution < -0.4 is 5.32 Å². The number of benzene rings is 2. The minimum absolute atomic E-state index is 0.222. The second kappa shape index (κ2) is 9.56. The van der Waals surface area contributed by atoms with Gasteiger partial charge in [0, 0.05) is 0 Å². The van der Waals surface area contributed by atoms with Crippen LogP contribution in [0.1, 0.15) is 43.9 Å². The molecule has 0 aromatic heterocycles. The van der Waals surface area contributed by atoms with Crippen LogP contribution in [-0.2, 0) is 4.74 Å². The third-order valence-electron chi connectivity index (χ3n) is 3.81. The summed E-state index contributed by atoms with van der Waals surface area (Å²) >= 11 is 0. The van der Waals surface area contributed by atoms with Crippen molar-refractivity contribution in [2.45, 2.75) is 32.7 Å². The lowest BCUT2D eigenvalue weighted by Crippen LogP contribution is -2.28. The molecule has 1 N–H and O–H groups in total. The molecule has 1 amide bonds. The Balaban J connectivity index is 2.16. The Bertz CT molecular complexity index is 650. The molecule has 2 aromatic carbocycles. The van der Waals surface area contributed by atoms with Crippen molar-refractivity contribution < 1.29 is 9.53 Å². The number of hydrogen-bond donors (Lipinski definition) is 1. The van der Waals surface area contributed by atoms with E-state index in [1.165, 1.54) is 0 Å². The van der Waals surface area contributed by atoms with Gasteiger partial charge in [0.2, 0.25) is 0 Å².